The van der Waals surface area contributed by atoms with Gasteiger partial charge in [0.25, 0.3) is 0 Å². The molecule has 15 aromatic rings. The maximum atomic E-state index is 6.68. The van der Waals surface area contributed by atoms with Gasteiger partial charge < -0.3 is 28.4 Å². The van der Waals surface area contributed by atoms with Crippen LogP contribution in [0, 0.1) is 0 Å². The lowest BCUT2D eigenvalue weighted by Gasteiger charge is -2.37. The number of para-hydroxylation sites is 8. The van der Waals surface area contributed by atoms with E-state index in [0.717, 1.165) is 141 Å². The molecule has 0 saturated carbocycles. The third-order valence-corrected chi connectivity index (χ3v) is 17.3. The largest absolute Gasteiger partial charge is 0.456 e. The Morgan fingerprint density at radius 2 is 0.533 bits per heavy atom. The maximum Gasteiger partial charge on any atom is 0.135 e. The molecule has 1 unspecified atom stereocenters. The van der Waals surface area contributed by atoms with E-state index < -0.39 is 0 Å². The molecule has 1 aliphatic carbocycles. The molecule has 2 aromatic heterocycles. The molecule has 1 aliphatic rings. The van der Waals surface area contributed by atoms with Gasteiger partial charge in [0.2, 0.25) is 0 Å². The first-order valence-corrected chi connectivity index (χ1v) is 30.7. The van der Waals surface area contributed by atoms with Gasteiger partial charge in [0, 0.05) is 84.1 Å². The van der Waals surface area contributed by atoms with Crippen LogP contribution in [-0.4, -0.2) is 6.04 Å². The van der Waals surface area contributed by atoms with E-state index in [1.165, 1.54) is 5.57 Å². The van der Waals surface area contributed by atoms with Gasteiger partial charge in [-0.2, -0.15) is 0 Å². The molecule has 6 heteroatoms. The third kappa shape index (κ3) is 10.3. The van der Waals surface area contributed by atoms with E-state index in [9.17, 15) is 0 Å². The highest BCUT2D eigenvalue weighted by molar-refractivity contribution is 6.10. The van der Waals surface area contributed by atoms with Crippen LogP contribution >= 0.6 is 0 Å². The summed E-state index contributed by atoms with van der Waals surface area (Å²) < 4.78 is 13.4. The Kier molecular flexibility index (Phi) is 14.0. The number of nitrogens with zero attached hydrogens (tertiary/aromatic N) is 4. The molecule has 0 fully saturated rings. The van der Waals surface area contributed by atoms with Crippen LogP contribution in [0.25, 0.3) is 71.7 Å². The molecule has 2 heterocycles. The van der Waals surface area contributed by atoms with Crippen LogP contribution in [0.15, 0.2) is 360 Å². The number of anilines is 10. The van der Waals surface area contributed by atoms with E-state index in [2.05, 4.69) is 365 Å². The van der Waals surface area contributed by atoms with Gasteiger partial charge in [-0.15, -0.1) is 0 Å². The Bertz CT molecular complexity index is 4830. The van der Waals surface area contributed by atoms with Crippen LogP contribution in [0.5, 0.6) is 0 Å². The first-order valence-electron chi connectivity index (χ1n) is 30.7. The number of furan rings is 2. The summed E-state index contributed by atoms with van der Waals surface area (Å²) in [5, 5.41) is 4.23. The molecule has 428 valence electrons. The summed E-state index contributed by atoms with van der Waals surface area (Å²) >= 11 is 0. The van der Waals surface area contributed by atoms with Crippen LogP contribution in [0.2, 0.25) is 0 Å². The molecule has 13 aromatic carbocycles. The third-order valence-electron chi connectivity index (χ3n) is 17.3. The molecule has 0 N–H and O–H groups in total. The number of hydrogen-bond acceptors (Lipinski definition) is 6. The second-order valence-corrected chi connectivity index (χ2v) is 22.9. The lowest BCUT2D eigenvalue weighted by atomic mass is 9.90. The van der Waals surface area contributed by atoms with E-state index in [1.54, 1.807) is 0 Å². The van der Waals surface area contributed by atoms with Gasteiger partial charge in [0.05, 0.1) is 6.04 Å². The predicted octanol–water partition coefficient (Wildman–Crippen LogP) is 23.5. The fourth-order valence-electron chi connectivity index (χ4n) is 13.1. The van der Waals surface area contributed by atoms with Crippen LogP contribution in [0.1, 0.15) is 12.0 Å². The molecule has 0 radical (unpaired) electrons. The Hall–Kier alpha value is -11.9. The lowest BCUT2D eigenvalue weighted by molar-refractivity contribution is 0.668. The molecule has 0 bridgehead atoms. The molecular weight excluding hydrogens is 1100 g/mol. The smallest absolute Gasteiger partial charge is 0.135 e. The van der Waals surface area contributed by atoms with Crippen LogP contribution < -0.4 is 19.6 Å². The Labute approximate surface area is 523 Å². The molecular formula is C84H60N4O2. The first kappa shape index (κ1) is 53.6. The minimum atomic E-state index is -0.0370. The van der Waals surface area contributed by atoms with Crippen molar-refractivity contribution >= 4 is 106 Å². The van der Waals surface area contributed by atoms with E-state index in [1.807, 2.05) is 0 Å². The average molecular weight is 1160 g/mol. The molecule has 0 saturated heterocycles. The zero-order chi connectivity index (χ0) is 59.7. The summed E-state index contributed by atoms with van der Waals surface area (Å²) in [5.41, 5.74) is 21.9. The van der Waals surface area contributed by atoms with Crippen molar-refractivity contribution in [3.05, 3.63) is 357 Å². The second-order valence-electron chi connectivity index (χ2n) is 22.9. The summed E-state index contributed by atoms with van der Waals surface area (Å²) in [6.07, 6.45) is 5.60. The summed E-state index contributed by atoms with van der Waals surface area (Å²) in [4.78, 5) is 9.54. The topological polar surface area (TPSA) is 39.2 Å². The SMILES string of the molecule is C1=C(c2ccc3oc4ccc(-c5ccc6oc7ccc(-c8cc(N(c9ccccc9)c9ccccc9)cc(N(c9ccccc9)c9ccccc9)c8)cc7c6c5)cc4c3c2)CC(N(c2ccccc2)c2ccccc2)C=C1N(c1ccccc1)c1ccccc1. The van der Waals surface area contributed by atoms with Crippen molar-refractivity contribution < 1.29 is 8.83 Å². The Morgan fingerprint density at radius 1 is 0.244 bits per heavy atom. The van der Waals surface area contributed by atoms with Crippen molar-refractivity contribution in [3.63, 3.8) is 0 Å². The summed E-state index contributed by atoms with van der Waals surface area (Å²) in [6.45, 7) is 0. The molecule has 0 aliphatic heterocycles. The first-order chi connectivity index (χ1) is 44.6. The number of rotatable bonds is 15. The van der Waals surface area contributed by atoms with Gasteiger partial charge in [-0.1, -0.05) is 170 Å². The van der Waals surface area contributed by atoms with E-state index in [0.29, 0.717) is 0 Å². The maximum absolute atomic E-state index is 6.68. The van der Waals surface area contributed by atoms with Gasteiger partial charge >= 0.3 is 0 Å². The quantitative estimate of drug-likeness (QED) is 0.102. The highest BCUT2D eigenvalue weighted by atomic mass is 16.3. The second kappa shape index (κ2) is 23.4. The number of fused-ring (bicyclic) bond motifs is 6. The van der Waals surface area contributed by atoms with Gasteiger partial charge in [-0.25, -0.2) is 0 Å². The standard InChI is InChI=1S/C84H60N4O2/c1-9-25-65(26-10-1)85(66-27-11-2-12-28-66)73-49-63(50-74(57-73)86(67-29-13-3-14-30-67)68-31-15-4-16-32-68)61-43-47-83-79(55-61)77-53-59(41-45-81(77)89-83)60-42-46-82-78(54-60)80-56-62(44-48-84(80)90-82)64-51-75(87(69-33-17-5-18-34-69)70-35-19-6-20-36-70)58-76(52-64)88(71-37-21-7-22-38-71)72-39-23-8-24-40-72/h1-51,53-58,76H,52H2. The molecule has 0 spiro atoms. The number of hydrogen-bond donors (Lipinski definition) is 0. The monoisotopic (exact) mass is 1160 g/mol. The van der Waals surface area contributed by atoms with Crippen LogP contribution in [-0.2, 0) is 0 Å². The van der Waals surface area contributed by atoms with E-state index >= 15 is 0 Å². The Morgan fingerprint density at radius 3 is 0.878 bits per heavy atom. The highest BCUT2D eigenvalue weighted by Crippen LogP contribution is 2.46. The van der Waals surface area contributed by atoms with Crippen molar-refractivity contribution in [2.24, 2.45) is 0 Å². The molecule has 16 rings (SSSR count). The summed E-state index contributed by atoms with van der Waals surface area (Å²) in [6, 6.07) is 119. The molecule has 0 amide bonds. The van der Waals surface area contributed by atoms with Crippen LogP contribution in [0.3, 0.4) is 0 Å². The van der Waals surface area contributed by atoms with Gasteiger partial charge in [-0.05, 0) is 216 Å². The fraction of sp³-hybridized carbons (Fsp3) is 0.0238. The van der Waals surface area contributed by atoms with E-state index in [4.69, 9.17) is 8.83 Å². The van der Waals surface area contributed by atoms with Gasteiger partial charge in [-0.3, -0.25) is 0 Å². The number of allylic oxidation sites excluding steroid dienone is 1. The van der Waals surface area contributed by atoms with Crippen molar-refractivity contribution in [1.29, 1.82) is 0 Å². The predicted molar refractivity (Wildman–Crippen MR) is 376 cm³/mol. The van der Waals surface area contributed by atoms with Crippen LogP contribution in [0.4, 0.5) is 56.9 Å². The Balaban J connectivity index is 0.802. The van der Waals surface area contributed by atoms with E-state index in [-0.39, 0.29) is 6.04 Å². The molecule has 1 atom stereocenters. The number of benzene rings is 13. The zero-order valence-corrected chi connectivity index (χ0v) is 49.3. The molecule has 90 heavy (non-hydrogen) atoms. The van der Waals surface area contributed by atoms with Crippen molar-refractivity contribution in [3.8, 4) is 22.3 Å². The van der Waals surface area contributed by atoms with Crippen molar-refractivity contribution in [1.82, 2.24) is 0 Å². The normalized spacial score (nSPS) is 13.1. The average Bonchev–Trinajstić information content (AvgIpc) is 2.47. The summed E-state index contributed by atoms with van der Waals surface area (Å²) in [5.74, 6) is 0. The van der Waals surface area contributed by atoms with Gasteiger partial charge in [0.1, 0.15) is 22.3 Å². The minimum Gasteiger partial charge on any atom is -0.456 e. The zero-order valence-electron chi connectivity index (χ0n) is 49.3. The van der Waals surface area contributed by atoms with Crippen molar-refractivity contribution in [2.45, 2.75) is 12.5 Å². The van der Waals surface area contributed by atoms with Crippen molar-refractivity contribution in [2.75, 3.05) is 19.6 Å². The van der Waals surface area contributed by atoms with Gasteiger partial charge in [0.15, 0.2) is 0 Å². The lowest BCUT2D eigenvalue weighted by Crippen LogP contribution is -2.33. The highest BCUT2D eigenvalue weighted by Gasteiger charge is 2.29. The molecule has 6 nitrogen and oxygen atoms in total. The summed E-state index contributed by atoms with van der Waals surface area (Å²) in [7, 11) is 0. The minimum absolute atomic E-state index is 0.0370. The fourth-order valence-corrected chi connectivity index (χ4v) is 13.1.